The zero-order valence-electron chi connectivity index (χ0n) is 11.6. The molecule has 6 nitrogen and oxygen atoms in total. The molecule has 112 valence electrons. The molecule has 1 aromatic carbocycles. The zero-order valence-corrected chi connectivity index (χ0v) is 12.4. The summed E-state index contributed by atoms with van der Waals surface area (Å²) in [5, 5.41) is 8.67. The lowest BCUT2D eigenvalue weighted by atomic mass is 10.2. The Morgan fingerprint density at radius 1 is 1.43 bits per heavy atom. The van der Waals surface area contributed by atoms with Gasteiger partial charge in [0.15, 0.2) is 0 Å². The molecule has 1 amide bonds. The van der Waals surface area contributed by atoms with Gasteiger partial charge in [0.25, 0.3) is 15.9 Å². The van der Waals surface area contributed by atoms with Crippen LogP contribution in [-0.2, 0) is 19.6 Å². The second-order valence-corrected chi connectivity index (χ2v) is 6.71. The maximum atomic E-state index is 12.0. The first kappa shape index (κ1) is 15.5. The molecule has 1 saturated carbocycles. The number of carbonyl (C=O) groups excluding carboxylic acids is 1. The number of benzene rings is 1. The Labute approximate surface area is 123 Å². The maximum Gasteiger partial charge on any atom is 0.264 e. The molecule has 21 heavy (non-hydrogen) atoms. The molecule has 0 radical (unpaired) electrons. The van der Waals surface area contributed by atoms with Crippen LogP contribution in [0.2, 0.25) is 0 Å². The fourth-order valence-corrected chi connectivity index (χ4v) is 2.67. The lowest BCUT2D eigenvalue weighted by Crippen LogP contribution is -2.38. The summed E-state index contributed by atoms with van der Waals surface area (Å²) in [5.41, 5.74) is 0.349. The van der Waals surface area contributed by atoms with Crippen molar-refractivity contribution in [3.8, 4) is 6.07 Å². The van der Waals surface area contributed by atoms with Crippen LogP contribution in [0.5, 0.6) is 0 Å². The monoisotopic (exact) mass is 308 g/mol. The highest BCUT2D eigenvalue weighted by molar-refractivity contribution is 7.90. The zero-order chi connectivity index (χ0) is 15.5. The average Bonchev–Trinajstić information content (AvgIpc) is 3.28. The third-order valence-corrected chi connectivity index (χ3v) is 4.54. The summed E-state index contributed by atoms with van der Waals surface area (Å²) >= 11 is 0. The summed E-state index contributed by atoms with van der Waals surface area (Å²) in [6, 6.07) is 7.22. The van der Waals surface area contributed by atoms with Gasteiger partial charge in [-0.05, 0) is 49.9 Å². The fraction of sp³-hybridized carbons (Fsp3) is 0.429. The van der Waals surface area contributed by atoms with Crippen LogP contribution in [-0.4, -0.2) is 27.0 Å². The van der Waals surface area contributed by atoms with Crippen LogP contribution in [0.25, 0.3) is 0 Å². The lowest BCUT2D eigenvalue weighted by molar-refractivity contribution is -0.130. The van der Waals surface area contributed by atoms with Crippen molar-refractivity contribution >= 4 is 15.9 Å². The molecule has 0 aromatic heterocycles. The van der Waals surface area contributed by atoms with Crippen molar-refractivity contribution in [1.29, 1.82) is 5.26 Å². The summed E-state index contributed by atoms with van der Waals surface area (Å²) < 4.78 is 31.4. The van der Waals surface area contributed by atoms with Crippen LogP contribution in [0, 0.1) is 17.2 Å². The predicted octanol–water partition coefficient (Wildman–Crippen LogP) is 1.18. The molecule has 0 bridgehead atoms. The lowest BCUT2D eigenvalue weighted by Gasteiger charge is -2.13. The molecule has 0 heterocycles. The molecule has 0 saturated heterocycles. The molecule has 0 spiro atoms. The largest absolute Gasteiger partial charge is 0.368 e. The molecule has 7 heteroatoms. The molecular weight excluding hydrogens is 292 g/mol. The second kappa shape index (κ2) is 6.24. The van der Waals surface area contributed by atoms with Gasteiger partial charge in [-0.25, -0.2) is 13.1 Å². The molecule has 1 atom stereocenters. The number of ether oxygens (including phenoxy) is 1. The molecule has 0 unspecified atom stereocenters. The highest BCUT2D eigenvalue weighted by Gasteiger charge is 2.26. The SMILES string of the molecule is C[C@H](OCC1CC1)C(=O)NS(=O)(=O)c1ccc(C#N)cc1. The summed E-state index contributed by atoms with van der Waals surface area (Å²) in [6.45, 7) is 2.00. The van der Waals surface area contributed by atoms with Gasteiger partial charge in [-0.15, -0.1) is 0 Å². The van der Waals surface area contributed by atoms with E-state index < -0.39 is 22.0 Å². The van der Waals surface area contributed by atoms with Crippen LogP contribution in [0.15, 0.2) is 29.2 Å². The van der Waals surface area contributed by atoms with Crippen LogP contribution in [0.3, 0.4) is 0 Å². The van der Waals surface area contributed by atoms with Gasteiger partial charge < -0.3 is 4.74 Å². The third-order valence-electron chi connectivity index (χ3n) is 3.18. The Kier molecular flexibility index (Phi) is 4.60. The van der Waals surface area contributed by atoms with E-state index in [1.807, 2.05) is 10.8 Å². The predicted molar refractivity (Wildman–Crippen MR) is 74.6 cm³/mol. The van der Waals surface area contributed by atoms with E-state index in [1.165, 1.54) is 31.2 Å². The fourth-order valence-electron chi connectivity index (χ4n) is 1.62. The molecule has 0 aliphatic heterocycles. The highest BCUT2D eigenvalue weighted by atomic mass is 32.2. The number of nitriles is 1. The van der Waals surface area contributed by atoms with Gasteiger partial charge in [0.2, 0.25) is 0 Å². The Balaban J connectivity index is 1.98. The van der Waals surface area contributed by atoms with E-state index >= 15 is 0 Å². The smallest absolute Gasteiger partial charge is 0.264 e. The van der Waals surface area contributed by atoms with Crippen molar-refractivity contribution in [3.63, 3.8) is 0 Å². The van der Waals surface area contributed by atoms with Crippen molar-refractivity contribution in [2.45, 2.75) is 30.8 Å². The van der Waals surface area contributed by atoms with Gasteiger partial charge in [0, 0.05) is 0 Å². The number of nitrogens with one attached hydrogen (secondary N) is 1. The average molecular weight is 308 g/mol. The quantitative estimate of drug-likeness (QED) is 0.851. The van der Waals surface area contributed by atoms with E-state index in [4.69, 9.17) is 10.00 Å². The number of hydrogen-bond donors (Lipinski definition) is 1. The first-order valence-corrected chi connectivity index (χ1v) is 8.09. The molecular formula is C14H16N2O4S. The normalized spacial score (nSPS) is 16.0. The number of sulfonamides is 1. The van der Waals surface area contributed by atoms with E-state index in [2.05, 4.69) is 0 Å². The molecule has 1 N–H and O–H groups in total. The van der Waals surface area contributed by atoms with Gasteiger partial charge >= 0.3 is 0 Å². The number of rotatable bonds is 6. The van der Waals surface area contributed by atoms with Crippen LogP contribution in [0.4, 0.5) is 0 Å². The van der Waals surface area contributed by atoms with Gasteiger partial charge in [-0.2, -0.15) is 5.26 Å². The first-order chi connectivity index (χ1) is 9.92. The molecule has 1 aliphatic rings. The minimum absolute atomic E-state index is 0.0655. The van der Waals surface area contributed by atoms with Crippen LogP contribution >= 0.6 is 0 Å². The van der Waals surface area contributed by atoms with Crippen molar-refractivity contribution < 1.29 is 17.9 Å². The number of hydrogen-bond acceptors (Lipinski definition) is 5. The van der Waals surface area contributed by atoms with E-state index in [0.29, 0.717) is 18.1 Å². The van der Waals surface area contributed by atoms with E-state index in [-0.39, 0.29) is 4.90 Å². The van der Waals surface area contributed by atoms with Gasteiger partial charge in [-0.1, -0.05) is 0 Å². The van der Waals surface area contributed by atoms with E-state index in [1.54, 1.807) is 0 Å². The highest BCUT2D eigenvalue weighted by Crippen LogP contribution is 2.29. The third kappa shape index (κ3) is 4.28. The number of nitrogens with zero attached hydrogens (tertiary/aromatic N) is 1. The Bertz CT molecular complexity index is 657. The minimum atomic E-state index is -3.94. The second-order valence-electron chi connectivity index (χ2n) is 5.02. The van der Waals surface area contributed by atoms with Gasteiger partial charge in [0.1, 0.15) is 6.10 Å². The van der Waals surface area contributed by atoms with Crippen molar-refractivity contribution in [1.82, 2.24) is 4.72 Å². The molecule has 1 fully saturated rings. The number of carbonyl (C=O) groups is 1. The topological polar surface area (TPSA) is 96.3 Å². The summed E-state index contributed by atoms with van der Waals surface area (Å²) in [5.74, 6) is -0.199. The summed E-state index contributed by atoms with van der Waals surface area (Å²) in [7, 11) is -3.94. The first-order valence-electron chi connectivity index (χ1n) is 6.61. The maximum absolute atomic E-state index is 12.0. The van der Waals surface area contributed by atoms with Crippen LogP contribution < -0.4 is 4.72 Å². The molecule has 2 rings (SSSR count). The Morgan fingerprint density at radius 3 is 2.57 bits per heavy atom. The Morgan fingerprint density at radius 2 is 2.05 bits per heavy atom. The summed E-state index contributed by atoms with van der Waals surface area (Å²) in [4.78, 5) is 11.8. The van der Waals surface area contributed by atoms with Gasteiger partial charge in [-0.3, -0.25) is 4.79 Å². The number of amides is 1. The minimum Gasteiger partial charge on any atom is -0.368 e. The van der Waals surface area contributed by atoms with Crippen LogP contribution in [0.1, 0.15) is 25.3 Å². The van der Waals surface area contributed by atoms with Gasteiger partial charge in [0.05, 0.1) is 23.1 Å². The standard InChI is InChI=1S/C14H16N2O4S/c1-10(20-9-12-2-3-12)14(17)16-21(18,19)13-6-4-11(8-15)5-7-13/h4-7,10,12H,2-3,9H2,1H3,(H,16,17)/t10-/m0/s1. The molecule has 1 aromatic rings. The van der Waals surface area contributed by atoms with E-state index in [9.17, 15) is 13.2 Å². The molecule has 1 aliphatic carbocycles. The van der Waals surface area contributed by atoms with Crippen molar-refractivity contribution in [3.05, 3.63) is 29.8 Å². The Hall–Kier alpha value is -1.91. The van der Waals surface area contributed by atoms with E-state index in [0.717, 1.165) is 12.8 Å². The summed E-state index contributed by atoms with van der Waals surface area (Å²) in [6.07, 6.45) is 1.37. The van der Waals surface area contributed by atoms with Crippen molar-refractivity contribution in [2.75, 3.05) is 6.61 Å². The van der Waals surface area contributed by atoms with Crippen molar-refractivity contribution in [2.24, 2.45) is 5.92 Å².